The number of hydrazine groups is 1. The average Bonchev–Trinajstić information content (AvgIpc) is 2.55. The van der Waals surface area contributed by atoms with E-state index in [9.17, 15) is 0 Å². The molecule has 0 bridgehead atoms. The van der Waals surface area contributed by atoms with Crippen LogP contribution < -0.4 is 11.3 Å². The smallest absolute Gasteiger partial charge is 0.400 e. The number of anilines is 1. The molecular formula is C13H20BN3O2. The highest BCUT2D eigenvalue weighted by Gasteiger charge is 2.49. The van der Waals surface area contributed by atoms with E-state index in [1.54, 1.807) is 6.20 Å². The summed E-state index contributed by atoms with van der Waals surface area (Å²) in [5.41, 5.74) is 2.79. The fraction of sp³-hybridized carbons (Fsp3) is 0.462. The second kappa shape index (κ2) is 4.96. The molecule has 1 aromatic heterocycles. The van der Waals surface area contributed by atoms with Gasteiger partial charge in [0.05, 0.1) is 11.2 Å². The van der Waals surface area contributed by atoms with Crippen LogP contribution in [-0.2, 0) is 9.31 Å². The number of pyridine rings is 1. The molecule has 0 unspecified atom stereocenters. The molecule has 5 nitrogen and oxygen atoms in total. The van der Waals surface area contributed by atoms with E-state index in [2.05, 4.69) is 10.4 Å². The van der Waals surface area contributed by atoms with Gasteiger partial charge in [-0.25, -0.2) is 10.8 Å². The third-order valence-electron chi connectivity index (χ3n) is 3.68. The summed E-state index contributed by atoms with van der Waals surface area (Å²) in [6.07, 6.45) is 3.58. The Bertz CT molecular complexity index is 473. The van der Waals surface area contributed by atoms with Crippen molar-refractivity contribution in [1.82, 2.24) is 4.98 Å². The highest BCUT2D eigenvalue weighted by Crippen LogP contribution is 2.37. The van der Waals surface area contributed by atoms with E-state index in [4.69, 9.17) is 15.2 Å². The molecule has 1 aliphatic rings. The van der Waals surface area contributed by atoms with Crippen LogP contribution in [0.1, 0.15) is 33.3 Å². The molecule has 0 amide bonds. The van der Waals surface area contributed by atoms with Crippen molar-refractivity contribution < 1.29 is 9.31 Å². The maximum atomic E-state index is 5.88. The van der Waals surface area contributed by atoms with E-state index in [0.717, 1.165) is 5.56 Å². The van der Waals surface area contributed by atoms with Crippen LogP contribution in [0.2, 0.25) is 0 Å². The molecule has 3 N–H and O–H groups in total. The maximum absolute atomic E-state index is 5.88. The zero-order chi connectivity index (χ0) is 14.1. The Labute approximate surface area is 114 Å². The first-order valence-electron chi connectivity index (χ1n) is 6.31. The second-order valence-electron chi connectivity index (χ2n) is 5.57. The summed E-state index contributed by atoms with van der Waals surface area (Å²) in [5, 5.41) is 0. The molecule has 0 spiro atoms. The zero-order valence-corrected chi connectivity index (χ0v) is 11.8. The number of aromatic nitrogens is 1. The third kappa shape index (κ3) is 2.81. The molecule has 1 aliphatic heterocycles. The number of nitrogens with zero attached hydrogens (tertiary/aromatic N) is 1. The third-order valence-corrected chi connectivity index (χ3v) is 3.68. The quantitative estimate of drug-likeness (QED) is 0.495. The molecule has 0 aromatic carbocycles. The van der Waals surface area contributed by atoms with Crippen molar-refractivity contribution >= 4 is 19.0 Å². The van der Waals surface area contributed by atoms with E-state index in [1.807, 2.05) is 51.9 Å². The fourth-order valence-corrected chi connectivity index (χ4v) is 1.82. The van der Waals surface area contributed by atoms with Crippen LogP contribution in [0.25, 0.3) is 6.08 Å². The van der Waals surface area contributed by atoms with E-state index in [0.29, 0.717) is 5.82 Å². The van der Waals surface area contributed by atoms with E-state index >= 15 is 0 Å². The van der Waals surface area contributed by atoms with Crippen molar-refractivity contribution in [2.75, 3.05) is 5.43 Å². The Morgan fingerprint density at radius 3 is 2.47 bits per heavy atom. The van der Waals surface area contributed by atoms with Crippen molar-refractivity contribution in [2.24, 2.45) is 5.84 Å². The van der Waals surface area contributed by atoms with Gasteiger partial charge in [-0.3, -0.25) is 0 Å². The van der Waals surface area contributed by atoms with Crippen molar-refractivity contribution in [3.8, 4) is 0 Å². The minimum absolute atomic E-state index is 0.327. The van der Waals surface area contributed by atoms with Crippen LogP contribution in [-0.4, -0.2) is 23.3 Å². The predicted molar refractivity (Wildman–Crippen MR) is 77.2 cm³/mol. The Kier molecular flexibility index (Phi) is 3.67. The molecular weight excluding hydrogens is 241 g/mol. The Morgan fingerprint density at radius 1 is 1.26 bits per heavy atom. The van der Waals surface area contributed by atoms with Gasteiger partial charge >= 0.3 is 7.12 Å². The lowest BCUT2D eigenvalue weighted by Gasteiger charge is -2.32. The summed E-state index contributed by atoms with van der Waals surface area (Å²) in [7, 11) is -0.365. The van der Waals surface area contributed by atoms with Crippen LogP contribution in [0.3, 0.4) is 0 Å². The van der Waals surface area contributed by atoms with Gasteiger partial charge in [-0.15, -0.1) is 0 Å². The van der Waals surface area contributed by atoms with Gasteiger partial charge in [0.15, 0.2) is 0 Å². The van der Waals surface area contributed by atoms with Gasteiger partial charge in [-0.05, 0) is 39.8 Å². The number of nitrogens with two attached hydrogens (primary N) is 1. The molecule has 0 aliphatic carbocycles. The summed E-state index contributed by atoms with van der Waals surface area (Å²) < 4.78 is 11.8. The van der Waals surface area contributed by atoms with Crippen molar-refractivity contribution in [3.05, 3.63) is 29.9 Å². The molecule has 2 rings (SSSR count). The Balaban J connectivity index is 2.13. The Hall–Kier alpha value is -1.37. The summed E-state index contributed by atoms with van der Waals surface area (Å²) in [5.74, 6) is 7.90. The molecule has 1 saturated heterocycles. The van der Waals surface area contributed by atoms with Crippen LogP contribution in [0.5, 0.6) is 0 Å². The summed E-state index contributed by atoms with van der Waals surface area (Å²) >= 11 is 0. The number of hydrogen-bond donors (Lipinski definition) is 2. The zero-order valence-electron chi connectivity index (χ0n) is 11.8. The minimum Gasteiger partial charge on any atom is -0.400 e. The SMILES string of the molecule is CC1(C)OB(/C=C/c2cccnc2NN)OC1(C)C. The molecule has 0 radical (unpaired) electrons. The van der Waals surface area contributed by atoms with Gasteiger partial charge < -0.3 is 14.7 Å². The van der Waals surface area contributed by atoms with E-state index in [-0.39, 0.29) is 18.3 Å². The lowest BCUT2D eigenvalue weighted by molar-refractivity contribution is 0.00578. The van der Waals surface area contributed by atoms with Crippen LogP contribution in [0.15, 0.2) is 24.3 Å². The van der Waals surface area contributed by atoms with Gasteiger partial charge in [0.2, 0.25) is 0 Å². The van der Waals surface area contributed by atoms with Gasteiger partial charge in [0.25, 0.3) is 0 Å². The lowest BCUT2D eigenvalue weighted by atomic mass is 9.89. The molecule has 1 aromatic rings. The maximum Gasteiger partial charge on any atom is 0.487 e. The molecule has 19 heavy (non-hydrogen) atoms. The van der Waals surface area contributed by atoms with E-state index in [1.165, 1.54) is 0 Å². The average molecular weight is 261 g/mol. The number of rotatable bonds is 3. The van der Waals surface area contributed by atoms with Gasteiger partial charge in [-0.2, -0.15) is 0 Å². The van der Waals surface area contributed by atoms with Crippen LogP contribution >= 0.6 is 0 Å². The Morgan fingerprint density at radius 2 is 1.89 bits per heavy atom. The molecule has 0 saturated carbocycles. The van der Waals surface area contributed by atoms with Crippen LogP contribution in [0, 0.1) is 0 Å². The van der Waals surface area contributed by atoms with Crippen molar-refractivity contribution in [3.63, 3.8) is 0 Å². The number of nitrogen functional groups attached to an aromatic ring is 1. The van der Waals surface area contributed by atoms with Crippen molar-refractivity contribution in [2.45, 2.75) is 38.9 Å². The summed E-state index contributed by atoms with van der Waals surface area (Å²) in [6, 6.07) is 3.77. The first-order chi connectivity index (χ1) is 8.86. The summed E-state index contributed by atoms with van der Waals surface area (Å²) in [4.78, 5) is 4.13. The number of nitrogens with one attached hydrogen (secondary N) is 1. The number of hydrogen-bond acceptors (Lipinski definition) is 5. The topological polar surface area (TPSA) is 69.4 Å². The standard InChI is InChI=1S/C13H20BN3O2/c1-12(2)13(3,4)19-14(18-12)8-7-10-6-5-9-16-11(10)17-15/h5-9H,15H2,1-4H3,(H,16,17)/b8-7+. The highest BCUT2D eigenvalue weighted by molar-refractivity contribution is 6.52. The fourth-order valence-electron chi connectivity index (χ4n) is 1.82. The molecule has 2 heterocycles. The first kappa shape index (κ1) is 14.1. The van der Waals surface area contributed by atoms with Gasteiger partial charge in [-0.1, -0.05) is 12.1 Å². The van der Waals surface area contributed by atoms with Crippen LogP contribution in [0.4, 0.5) is 5.82 Å². The molecule has 102 valence electrons. The van der Waals surface area contributed by atoms with Gasteiger partial charge in [0, 0.05) is 11.8 Å². The normalized spacial score (nSPS) is 21.0. The first-order valence-corrected chi connectivity index (χ1v) is 6.31. The second-order valence-corrected chi connectivity index (χ2v) is 5.57. The van der Waals surface area contributed by atoms with Gasteiger partial charge in [0.1, 0.15) is 5.82 Å². The summed E-state index contributed by atoms with van der Waals surface area (Å²) in [6.45, 7) is 8.10. The van der Waals surface area contributed by atoms with Crippen molar-refractivity contribution in [1.29, 1.82) is 0 Å². The predicted octanol–water partition coefficient (Wildman–Crippen LogP) is 2.01. The monoisotopic (exact) mass is 261 g/mol. The lowest BCUT2D eigenvalue weighted by Crippen LogP contribution is -2.41. The minimum atomic E-state index is -0.365. The highest BCUT2D eigenvalue weighted by atomic mass is 16.7. The molecule has 0 atom stereocenters. The molecule has 1 fully saturated rings. The molecule has 6 heteroatoms. The van der Waals surface area contributed by atoms with E-state index < -0.39 is 0 Å². The largest absolute Gasteiger partial charge is 0.487 e.